The molecular weight excluding hydrogens is 346 g/mol. The summed E-state index contributed by atoms with van der Waals surface area (Å²) in [6.07, 6.45) is 20.4. The van der Waals surface area contributed by atoms with Crippen LogP contribution in [0.4, 0.5) is 0 Å². The Bertz CT molecular complexity index is 712. The van der Waals surface area contributed by atoms with Crippen LogP contribution in [-0.4, -0.2) is 20.0 Å². The number of rotatable bonds is 6. The monoisotopic (exact) mass is 385 g/mol. The highest BCUT2D eigenvalue weighted by atomic mass is 32.3. The smallest absolute Gasteiger partial charge is 0.0621 e. The lowest BCUT2D eigenvalue weighted by Gasteiger charge is -2.52. The summed E-state index contributed by atoms with van der Waals surface area (Å²) in [5, 5.41) is 8.79. The van der Waals surface area contributed by atoms with E-state index in [9.17, 15) is 0 Å². The van der Waals surface area contributed by atoms with Crippen molar-refractivity contribution in [1.82, 2.24) is 0 Å². The van der Waals surface area contributed by atoms with Crippen LogP contribution in [0.25, 0.3) is 0 Å². The van der Waals surface area contributed by atoms with E-state index in [1.54, 1.807) is 57.1 Å². The van der Waals surface area contributed by atoms with Gasteiger partial charge in [0, 0.05) is 26.1 Å². The molecule has 4 spiro atoms. The zero-order valence-electron chi connectivity index (χ0n) is 17.7. The third-order valence-electron chi connectivity index (χ3n) is 11.5. The molecule has 3 aliphatic heterocycles. The van der Waals surface area contributed by atoms with Gasteiger partial charge in [-0.15, -0.1) is 0 Å². The molecule has 27 heavy (non-hydrogen) atoms. The van der Waals surface area contributed by atoms with Gasteiger partial charge in [0.25, 0.3) is 0 Å². The van der Waals surface area contributed by atoms with Crippen molar-refractivity contribution in [1.29, 1.82) is 5.26 Å². The van der Waals surface area contributed by atoms with Gasteiger partial charge in [0.2, 0.25) is 0 Å². The van der Waals surface area contributed by atoms with Crippen molar-refractivity contribution in [2.24, 2.45) is 23.2 Å². The predicted molar refractivity (Wildman–Crippen MR) is 115 cm³/mol. The first kappa shape index (κ1) is 17.7. The summed E-state index contributed by atoms with van der Waals surface area (Å²) >= 11 is 0. The average molecular weight is 386 g/mol. The molecule has 150 valence electrons. The fourth-order valence-electron chi connectivity index (χ4n) is 11.1. The first-order valence-electron chi connectivity index (χ1n) is 12.3. The van der Waals surface area contributed by atoms with Crippen molar-refractivity contribution in [3.63, 3.8) is 0 Å². The molecular formula is C25H39NS. The standard InChI is InChI=1S/C25H39NS/c1-3-19-18-25-23(13-8-7-11-21(19)23)24(25)15-14-22(2)20(12-17-27(22,24)25)10-6-4-5-9-16-26/h19-21H,3-15,17-18H2,1-2H3/t19-,20?,21?,22?,23?,24?,25?/m0/s1. The lowest BCUT2D eigenvalue weighted by Crippen LogP contribution is -2.40. The predicted octanol–water partition coefficient (Wildman–Crippen LogP) is 6.95. The molecule has 6 aliphatic rings. The summed E-state index contributed by atoms with van der Waals surface area (Å²) in [6, 6.07) is 2.33. The van der Waals surface area contributed by atoms with Crippen molar-refractivity contribution in [2.75, 3.05) is 5.75 Å². The van der Waals surface area contributed by atoms with Gasteiger partial charge in [-0.1, -0.05) is 46.0 Å². The molecule has 3 aliphatic carbocycles. The first-order valence-corrected chi connectivity index (χ1v) is 14.1. The first-order chi connectivity index (χ1) is 13.1. The third kappa shape index (κ3) is 1.44. The Morgan fingerprint density at radius 2 is 1.93 bits per heavy atom. The summed E-state index contributed by atoms with van der Waals surface area (Å²) in [5.41, 5.74) is 0.883. The molecule has 0 bridgehead atoms. The van der Waals surface area contributed by atoms with Gasteiger partial charge in [-0.2, -0.15) is 5.26 Å². The van der Waals surface area contributed by atoms with Crippen LogP contribution >= 0.6 is 10.0 Å². The minimum Gasteiger partial charge on any atom is -0.220 e. The van der Waals surface area contributed by atoms with Gasteiger partial charge in [-0.05, 0) is 74.9 Å². The van der Waals surface area contributed by atoms with Gasteiger partial charge in [-0.25, -0.2) is 10.0 Å². The number of nitrogens with zero attached hydrogens (tertiary/aromatic N) is 1. The third-order valence-corrected chi connectivity index (χ3v) is 18.5. The Balaban J connectivity index is 1.26. The second-order valence-corrected chi connectivity index (χ2v) is 15.6. The fourth-order valence-corrected chi connectivity index (χ4v) is 20.6. The molecule has 0 aromatic heterocycles. The lowest BCUT2D eigenvalue weighted by molar-refractivity contribution is 0.156. The molecule has 6 rings (SSSR count). The van der Waals surface area contributed by atoms with Gasteiger partial charge < -0.3 is 0 Å². The summed E-state index contributed by atoms with van der Waals surface area (Å²) < 4.78 is 2.60. The highest BCUT2D eigenvalue weighted by Gasteiger charge is 3.14. The van der Waals surface area contributed by atoms with Crippen molar-refractivity contribution >= 4 is 10.0 Å². The maximum atomic E-state index is 8.79. The number of unbranched alkanes of at least 4 members (excludes halogenated alkanes) is 3. The van der Waals surface area contributed by atoms with Crippen LogP contribution in [0.5, 0.6) is 0 Å². The van der Waals surface area contributed by atoms with Crippen LogP contribution < -0.4 is 0 Å². The van der Waals surface area contributed by atoms with E-state index in [1.807, 2.05) is 0 Å². The SMILES string of the molecule is CC[C@H]1CC23C4(CCCCC14)C21CCC2(C)C(CCCCCC#N)CCS213. The fraction of sp³-hybridized carbons (Fsp3) is 0.960. The quantitative estimate of drug-likeness (QED) is 0.358. The van der Waals surface area contributed by atoms with Gasteiger partial charge in [0.15, 0.2) is 0 Å². The molecule has 3 saturated heterocycles. The van der Waals surface area contributed by atoms with E-state index < -0.39 is 0 Å². The van der Waals surface area contributed by atoms with Crippen molar-refractivity contribution < 1.29 is 0 Å². The lowest BCUT2D eigenvalue weighted by atomic mass is 9.70. The van der Waals surface area contributed by atoms with E-state index in [0.717, 1.165) is 50.3 Å². The minimum atomic E-state index is -0.314. The molecule has 0 aromatic carbocycles. The van der Waals surface area contributed by atoms with Crippen LogP contribution in [0.15, 0.2) is 0 Å². The molecule has 0 amide bonds. The molecule has 3 saturated carbocycles. The van der Waals surface area contributed by atoms with E-state index in [4.69, 9.17) is 5.26 Å². The van der Waals surface area contributed by atoms with E-state index in [1.165, 1.54) is 25.7 Å². The molecule has 8 atom stereocenters. The Morgan fingerprint density at radius 3 is 2.74 bits per heavy atom. The topological polar surface area (TPSA) is 23.8 Å². The Kier molecular flexibility index (Phi) is 3.47. The van der Waals surface area contributed by atoms with Crippen LogP contribution in [0, 0.1) is 34.5 Å². The Morgan fingerprint density at radius 1 is 1.04 bits per heavy atom. The van der Waals surface area contributed by atoms with E-state index >= 15 is 0 Å². The summed E-state index contributed by atoms with van der Waals surface area (Å²) in [4.78, 5) is 0. The van der Waals surface area contributed by atoms with E-state index in [-0.39, 0.29) is 10.0 Å². The maximum absolute atomic E-state index is 8.79. The number of nitriles is 1. The van der Waals surface area contributed by atoms with Crippen LogP contribution in [0.1, 0.15) is 104 Å². The van der Waals surface area contributed by atoms with Crippen molar-refractivity contribution in [2.45, 2.75) is 118 Å². The molecule has 0 radical (unpaired) electrons. The van der Waals surface area contributed by atoms with E-state index in [0.29, 0.717) is 0 Å². The maximum Gasteiger partial charge on any atom is 0.0621 e. The zero-order chi connectivity index (χ0) is 18.5. The average Bonchev–Trinajstić information content (AvgIpc) is 3.15. The van der Waals surface area contributed by atoms with Gasteiger partial charge >= 0.3 is 0 Å². The molecule has 2 heteroatoms. The second kappa shape index (κ2) is 5.30. The Labute approximate surface area is 168 Å². The zero-order valence-corrected chi connectivity index (χ0v) is 18.5. The Hall–Kier alpha value is -0.160. The normalized spacial score (nSPS) is 61.0. The summed E-state index contributed by atoms with van der Waals surface area (Å²) in [6.45, 7) is 5.31. The molecule has 0 N–H and O–H groups in total. The molecule has 6 fully saturated rings. The second-order valence-electron chi connectivity index (χ2n) is 11.3. The van der Waals surface area contributed by atoms with Crippen LogP contribution in [0.3, 0.4) is 0 Å². The number of hydrogen-bond acceptors (Lipinski definition) is 1. The van der Waals surface area contributed by atoms with Gasteiger partial charge in [0.1, 0.15) is 0 Å². The van der Waals surface area contributed by atoms with Crippen LogP contribution in [-0.2, 0) is 0 Å². The molecule has 0 aromatic rings. The molecule has 1 nitrogen and oxygen atoms in total. The number of hydrogen-bond donors (Lipinski definition) is 0. The summed E-state index contributed by atoms with van der Waals surface area (Å²) in [5.74, 6) is 4.95. The van der Waals surface area contributed by atoms with Crippen molar-refractivity contribution in [3.8, 4) is 6.07 Å². The molecule has 7 unspecified atom stereocenters. The molecule has 3 heterocycles. The van der Waals surface area contributed by atoms with Crippen molar-refractivity contribution in [3.05, 3.63) is 0 Å². The minimum absolute atomic E-state index is 0.314. The highest BCUT2D eigenvalue weighted by molar-refractivity contribution is 8.45. The largest absolute Gasteiger partial charge is 0.220 e. The van der Waals surface area contributed by atoms with Gasteiger partial charge in [0.05, 0.1) is 6.07 Å². The van der Waals surface area contributed by atoms with Gasteiger partial charge in [-0.3, -0.25) is 0 Å². The summed E-state index contributed by atoms with van der Waals surface area (Å²) in [7, 11) is -0.314. The highest BCUT2D eigenvalue weighted by Crippen LogP contribution is 3.23. The van der Waals surface area contributed by atoms with Crippen LogP contribution in [0.2, 0.25) is 0 Å². The van der Waals surface area contributed by atoms with E-state index in [2.05, 4.69) is 19.9 Å².